The Kier molecular flexibility index (Phi) is 2.45. The first-order valence-corrected chi connectivity index (χ1v) is 6.61. The second-order valence-electron chi connectivity index (χ2n) is 5.26. The highest BCUT2D eigenvalue weighted by Gasteiger charge is 2.18. The number of aromatic nitrogens is 3. The van der Waals surface area contributed by atoms with Crippen LogP contribution in [0.2, 0.25) is 0 Å². The highest BCUT2D eigenvalue weighted by Crippen LogP contribution is 2.30. The van der Waals surface area contributed by atoms with Crippen LogP contribution in [0.25, 0.3) is 21.6 Å². The maximum atomic E-state index is 4.70. The summed E-state index contributed by atoms with van der Waals surface area (Å²) in [4.78, 5) is 4.68. The Hall–Kier alpha value is -1.75. The first-order valence-electron chi connectivity index (χ1n) is 5.73. The van der Waals surface area contributed by atoms with Crippen LogP contribution < -0.4 is 0 Å². The topological polar surface area (TPSA) is 51.8 Å². The van der Waals surface area contributed by atoms with Gasteiger partial charge in [-0.25, -0.2) is 9.61 Å². The molecule has 0 aliphatic heterocycles. The lowest BCUT2D eigenvalue weighted by atomic mass is 9.93. The zero-order valence-corrected chi connectivity index (χ0v) is 11.3. The third-order valence-corrected chi connectivity index (χ3v) is 3.66. The fourth-order valence-electron chi connectivity index (χ4n) is 1.67. The van der Waals surface area contributed by atoms with Crippen molar-refractivity contribution in [1.29, 1.82) is 0 Å². The summed E-state index contributed by atoms with van der Waals surface area (Å²) in [6.45, 7) is 6.49. The zero-order valence-electron chi connectivity index (χ0n) is 10.5. The maximum absolute atomic E-state index is 4.70. The Morgan fingerprint density at radius 1 is 1.11 bits per heavy atom. The van der Waals surface area contributed by atoms with Crippen LogP contribution in [-0.4, -0.2) is 15.3 Å². The van der Waals surface area contributed by atoms with Crippen molar-refractivity contribution >= 4 is 22.4 Å². The predicted octanol–water partition coefficient (Wildman–Crippen LogP) is 3.64. The van der Waals surface area contributed by atoms with E-state index in [-0.39, 0.29) is 5.41 Å². The van der Waals surface area contributed by atoms with Crippen molar-refractivity contribution in [3.63, 3.8) is 0 Å². The van der Waals surface area contributed by atoms with Gasteiger partial charge >= 0.3 is 0 Å². The summed E-state index contributed by atoms with van der Waals surface area (Å²) in [7, 11) is 0. The van der Waals surface area contributed by atoms with Gasteiger partial charge in [-0.15, -0.1) is 11.3 Å². The van der Waals surface area contributed by atoms with E-state index in [1.807, 2.05) is 18.2 Å². The summed E-state index contributed by atoms with van der Waals surface area (Å²) in [5.74, 6) is 0. The molecule has 0 amide bonds. The summed E-state index contributed by atoms with van der Waals surface area (Å²) >= 11 is 1.65. The lowest BCUT2D eigenvalue weighted by Gasteiger charge is -2.14. The van der Waals surface area contributed by atoms with Gasteiger partial charge in [-0.1, -0.05) is 20.8 Å². The summed E-state index contributed by atoms with van der Waals surface area (Å²) in [6.07, 6.45) is 0. The minimum atomic E-state index is 0.0777. The normalized spacial score (nSPS) is 12.2. The Balaban J connectivity index is 2.06. The number of hydrogen-bond acceptors (Lipinski definition) is 5. The van der Waals surface area contributed by atoms with Crippen LogP contribution in [0.1, 0.15) is 26.5 Å². The van der Waals surface area contributed by atoms with E-state index in [1.165, 1.54) is 0 Å². The molecule has 5 heteroatoms. The zero-order chi connectivity index (χ0) is 12.8. The molecule has 3 rings (SSSR count). The molecule has 0 N–H and O–H groups in total. The number of fused-ring (bicyclic) bond motifs is 1. The van der Waals surface area contributed by atoms with Gasteiger partial charge in [0.05, 0.1) is 5.69 Å². The molecule has 2 aromatic heterocycles. The summed E-state index contributed by atoms with van der Waals surface area (Å²) in [6, 6.07) is 5.86. The fourth-order valence-corrected chi connectivity index (χ4v) is 2.71. The molecule has 0 fully saturated rings. The van der Waals surface area contributed by atoms with Gasteiger partial charge in [0.1, 0.15) is 16.0 Å². The van der Waals surface area contributed by atoms with Crippen molar-refractivity contribution in [3.8, 4) is 10.6 Å². The van der Waals surface area contributed by atoms with E-state index in [0.29, 0.717) is 0 Å². The van der Waals surface area contributed by atoms with Crippen molar-refractivity contribution in [2.75, 3.05) is 0 Å². The van der Waals surface area contributed by atoms with Gasteiger partial charge in [0.15, 0.2) is 0 Å². The second-order valence-corrected chi connectivity index (χ2v) is 6.11. The van der Waals surface area contributed by atoms with Crippen LogP contribution in [0.4, 0.5) is 0 Å². The van der Waals surface area contributed by atoms with Crippen LogP contribution >= 0.6 is 11.3 Å². The highest BCUT2D eigenvalue weighted by molar-refractivity contribution is 7.13. The smallest absolute Gasteiger partial charge is 0.135 e. The summed E-state index contributed by atoms with van der Waals surface area (Å²) in [5, 5.41) is 10.8. The average molecular weight is 259 g/mol. The van der Waals surface area contributed by atoms with E-state index >= 15 is 0 Å². The molecule has 4 nitrogen and oxygen atoms in total. The molecular formula is C13H13N3OS. The summed E-state index contributed by atoms with van der Waals surface area (Å²) < 4.78 is 4.70. The van der Waals surface area contributed by atoms with E-state index in [2.05, 4.69) is 41.4 Å². The molecule has 0 atom stereocenters. The molecule has 0 saturated carbocycles. The van der Waals surface area contributed by atoms with Gasteiger partial charge in [0, 0.05) is 16.4 Å². The van der Waals surface area contributed by atoms with Gasteiger partial charge in [-0.3, -0.25) is 0 Å². The van der Waals surface area contributed by atoms with Crippen molar-refractivity contribution in [3.05, 3.63) is 29.3 Å². The monoisotopic (exact) mass is 259 g/mol. The second kappa shape index (κ2) is 3.88. The first-order chi connectivity index (χ1) is 8.54. The van der Waals surface area contributed by atoms with Gasteiger partial charge in [-0.2, -0.15) is 0 Å². The molecule has 0 saturated heterocycles. The van der Waals surface area contributed by atoms with Crippen LogP contribution in [0.15, 0.2) is 28.2 Å². The molecule has 0 unspecified atom stereocenters. The van der Waals surface area contributed by atoms with E-state index in [4.69, 9.17) is 4.63 Å². The van der Waals surface area contributed by atoms with Crippen molar-refractivity contribution in [1.82, 2.24) is 15.3 Å². The molecule has 18 heavy (non-hydrogen) atoms. The Labute approximate surface area is 109 Å². The summed E-state index contributed by atoms with van der Waals surface area (Å²) in [5.41, 5.74) is 3.78. The number of hydrogen-bond donors (Lipinski definition) is 0. The molecule has 0 spiro atoms. The molecule has 3 aromatic rings. The standard InChI is InChI=1S/C13H13N3OS/c1-13(2,3)11-7-18-12(14-11)8-4-5-9-10(6-8)16-17-15-9/h4-7H,1-3H3. The molecule has 0 aliphatic rings. The molecule has 1 aromatic carbocycles. The molecule has 0 aliphatic carbocycles. The largest absolute Gasteiger partial charge is 0.243 e. The Morgan fingerprint density at radius 3 is 2.61 bits per heavy atom. The van der Waals surface area contributed by atoms with E-state index in [9.17, 15) is 0 Å². The third-order valence-electron chi connectivity index (χ3n) is 2.77. The quantitative estimate of drug-likeness (QED) is 0.669. The van der Waals surface area contributed by atoms with E-state index in [1.54, 1.807) is 11.3 Å². The number of benzene rings is 1. The van der Waals surface area contributed by atoms with Crippen LogP contribution in [0, 0.1) is 0 Å². The molecule has 2 heterocycles. The Morgan fingerprint density at radius 2 is 1.89 bits per heavy atom. The van der Waals surface area contributed by atoms with E-state index < -0.39 is 0 Å². The molecule has 0 bridgehead atoms. The average Bonchev–Trinajstić information content (AvgIpc) is 2.96. The van der Waals surface area contributed by atoms with Gasteiger partial charge in [-0.05, 0) is 28.5 Å². The maximum Gasteiger partial charge on any atom is 0.135 e. The van der Waals surface area contributed by atoms with Crippen molar-refractivity contribution in [2.45, 2.75) is 26.2 Å². The molecular weight excluding hydrogens is 246 g/mol. The van der Waals surface area contributed by atoms with Crippen LogP contribution in [0.3, 0.4) is 0 Å². The predicted molar refractivity (Wildman–Crippen MR) is 71.6 cm³/mol. The van der Waals surface area contributed by atoms with Gasteiger partial charge in [0.2, 0.25) is 0 Å². The third kappa shape index (κ3) is 1.90. The number of thiazole rings is 1. The molecule has 92 valence electrons. The lowest BCUT2D eigenvalue weighted by molar-refractivity contribution is 0.315. The lowest BCUT2D eigenvalue weighted by Crippen LogP contribution is -2.11. The van der Waals surface area contributed by atoms with Gasteiger partial charge < -0.3 is 0 Å². The molecule has 0 radical (unpaired) electrons. The van der Waals surface area contributed by atoms with Crippen LogP contribution in [0.5, 0.6) is 0 Å². The fraction of sp³-hybridized carbons (Fsp3) is 0.308. The van der Waals surface area contributed by atoms with Crippen molar-refractivity contribution in [2.24, 2.45) is 0 Å². The highest BCUT2D eigenvalue weighted by atomic mass is 32.1. The number of nitrogens with zero attached hydrogens (tertiary/aromatic N) is 3. The SMILES string of the molecule is CC(C)(C)c1csc(-c2ccc3nonc3c2)n1. The van der Waals surface area contributed by atoms with Gasteiger partial charge in [0.25, 0.3) is 0 Å². The minimum Gasteiger partial charge on any atom is -0.243 e. The van der Waals surface area contributed by atoms with Crippen LogP contribution in [-0.2, 0) is 5.41 Å². The van der Waals surface area contributed by atoms with Crippen molar-refractivity contribution < 1.29 is 4.63 Å². The minimum absolute atomic E-state index is 0.0777. The van der Waals surface area contributed by atoms with E-state index in [0.717, 1.165) is 27.3 Å². The number of rotatable bonds is 1. The Bertz CT molecular complexity index is 693. The first kappa shape index (κ1) is 11.3.